The summed E-state index contributed by atoms with van der Waals surface area (Å²) in [5, 5.41) is 18.6. The van der Waals surface area contributed by atoms with Gasteiger partial charge in [0.05, 0.1) is 11.2 Å². The SMILES string of the molecule is CC1(O)CCN(CCOc2ccc(C(=O)O)cc2)C1. The standard InChI is InChI=1S/C14H19NO4/c1-14(18)6-7-15(10-14)8-9-19-12-4-2-11(3-5-12)13(16)17/h2-5,18H,6-10H2,1H3,(H,16,17). The lowest BCUT2D eigenvalue weighted by Crippen LogP contribution is -2.32. The molecular formula is C14H19NO4. The highest BCUT2D eigenvalue weighted by atomic mass is 16.5. The molecule has 5 nitrogen and oxygen atoms in total. The topological polar surface area (TPSA) is 70.0 Å². The summed E-state index contributed by atoms with van der Waals surface area (Å²) in [5.41, 5.74) is -0.328. The van der Waals surface area contributed by atoms with E-state index in [2.05, 4.69) is 4.90 Å². The molecule has 2 N–H and O–H groups in total. The van der Waals surface area contributed by atoms with Crippen LogP contribution < -0.4 is 4.74 Å². The monoisotopic (exact) mass is 265 g/mol. The van der Waals surface area contributed by atoms with Gasteiger partial charge >= 0.3 is 5.97 Å². The van der Waals surface area contributed by atoms with E-state index in [1.54, 1.807) is 12.1 Å². The average Bonchev–Trinajstić information content (AvgIpc) is 2.69. The number of hydrogen-bond acceptors (Lipinski definition) is 4. The summed E-state index contributed by atoms with van der Waals surface area (Å²) in [6.45, 7) is 4.69. The van der Waals surface area contributed by atoms with E-state index in [1.165, 1.54) is 12.1 Å². The highest BCUT2D eigenvalue weighted by Gasteiger charge is 2.30. The summed E-state index contributed by atoms with van der Waals surface area (Å²) in [6, 6.07) is 6.36. The Kier molecular flexibility index (Phi) is 4.07. The third kappa shape index (κ3) is 3.94. The normalized spacial score (nSPS) is 23.5. The van der Waals surface area contributed by atoms with E-state index < -0.39 is 11.6 Å². The van der Waals surface area contributed by atoms with Crippen LogP contribution >= 0.6 is 0 Å². The van der Waals surface area contributed by atoms with Crippen LogP contribution in [0.4, 0.5) is 0 Å². The van der Waals surface area contributed by atoms with Crippen LogP contribution in [-0.4, -0.2) is 52.9 Å². The van der Waals surface area contributed by atoms with E-state index in [4.69, 9.17) is 9.84 Å². The number of benzene rings is 1. The average molecular weight is 265 g/mol. The molecule has 0 spiro atoms. The van der Waals surface area contributed by atoms with Gasteiger partial charge in [-0.3, -0.25) is 4.90 Å². The number of likely N-dealkylation sites (tertiary alicyclic amines) is 1. The van der Waals surface area contributed by atoms with Gasteiger partial charge in [-0.1, -0.05) is 0 Å². The largest absolute Gasteiger partial charge is 0.492 e. The van der Waals surface area contributed by atoms with Gasteiger partial charge in [-0.05, 0) is 37.6 Å². The summed E-state index contributed by atoms with van der Waals surface area (Å²) in [6.07, 6.45) is 0.792. The van der Waals surface area contributed by atoms with Crippen molar-refractivity contribution in [3.63, 3.8) is 0 Å². The van der Waals surface area contributed by atoms with Crippen LogP contribution in [-0.2, 0) is 0 Å². The third-order valence-electron chi connectivity index (χ3n) is 3.31. The molecule has 0 radical (unpaired) electrons. The van der Waals surface area contributed by atoms with E-state index >= 15 is 0 Å². The zero-order chi connectivity index (χ0) is 13.9. The summed E-state index contributed by atoms with van der Waals surface area (Å²) in [5.74, 6) is -0.276. The van der Waals surface area contributed by atoms with Gasteiger partial charge < -0.3 is 14.9 Å². The maximum Gasteiger partial charge on any atom is 0.335 e. The lowest BCUT2D eigenvalue weighted by Gasteiger charge is -2.18. The number of ether oxygens (including phenoxy) is 1. The van der Waals surface area contributed by atoms with Gasteiger partial charge in [0.1, 0.15) is 12.4 Å². The van der Waals surface area contributed by atoms with Gasteiger partial charge in [0.2, 0.25) is 0 Å². The molecule has 1 aliphatic rings. The minimum atomic E-state index is -0.939. The molecule has 1 aromatic carbocycles. The number of β-amino-alcohol motifs (C(OH)–C–C–N with tert-alkyl or cyclic N) is 1. The minimum absolute atomic E-state index is 0.253. The smallest absolute Gasteiger partial charge is 0.335 e. The van der Waals surface area contributed by atoms with Gasteiger partial charge in [-0.25, -0.2) is 4.79 Å². The van der Waals surface area contributed by atoms with Crippen LogP contribution in [0, 0.1) is 0 Å². The molecule has 0 bridgehead atoms. The van der Waals surface area contributed by atoms with Crippen molar-refractivity contribution < 1.29 is 19.7 Å². The van der Waals surface area contributed by atoms with Crippen LogP contribution in [0.25, 0.3) is 0 Å². The van der Waals surface area contributed by atoms with Crippen LogP contribution in [0.15, 0.2) is 24.3 Å². The molecule has 1 aromatic rings. The predicted molar refractivity (Wildman–Crippen MR) is 70.6 cm³/mol. The molecule has 1 saturated heterocycles. The van der Waals surface area contributed by atoms with Crippen molar-refractivity contribution in [3.05, 3.63) is 29.8 Å². The van der Waals surface area contributed by atoms with Crippen molar-refractivity contribution in [2.45, 2.75) is 18.9 Å². The number of hydrogen-bond donors (Lipinski definition) is 2. The molecule has 0 aromatic heterocycles. The van der Waals surface area contributed by atoms with E-state index in [9.17, 15) is 9.90 Å². The lowest BCUT2D eigenvalue weighted by molar-refractivity contribution is 0.0668. The van der Waals surface area contributed by atoms with E-state index in [1.807, 2.05) is 6.92 Å². The first-order valence-electron chi connectivity index (χ1n) is 6.37. The summed E-state index contributed by atoms with van der Waals surface area (Å²) in [4.78, 5) is 12.8. The maximum atomic E-state index is 10.7. The number of carbonyl (C=O) groups is 1. The van der Waals surface area contributed by atoms with Crippen LogP contribution in [0.2, 0.25) is 0 Å². The minimum Gasteiger partial charge on any atom is -0.492 e. The maximum absolute atomic E-state index is 10.7. The number of nitrogens with zero attached hydrogens (tertiary/aromatic N) is 1. The van der Waals surface area contributed by atoms with Gasteiger partial charge in [-0.2, -0.15) is 0 Å². The second-order valence-electron chi connectivity index (χ2n) is 5.20. The Balaban J connectivity index is 1.75. The predicted octanol–water partition coefficient (Wildman–Crippen LogP) is 1.22. The number of rotatable bonds is 5. The number of carboxylic acids is 1. The van der Waals surface area contributed by atoms with Gasteiger partial charge in [0.15, 0.2) is 0 Å². The fourth-order valence-electron chi connectivity index (χ4n) is 2.22. The highest BCUT2D eigenvalue weighted by Crippen LogP contribution is 2.19. The molecule has 0 saturated carbocycles. The van der Waals surface area contributed by atoms with Crippen LogP contribution in [0.3, 0.4) is 0 Å². The Morgan fingerprint density at radius 2 is 2.11 bits per heavy atom. The Morgan fingerprint density at radius 3 is 2.63 bits per heavy atom. The van der Waals surface area contributed by atoms with Crippen molar-refractivity contribution in [3.8, 4) is 5.75 Å². The summed E-state index contributed by atoms with van der Waals surface area (Å²) >= 11 is 0. The molecule has 1 unspecified atom stereocenters. The Morgan fingerprint density at radius 1 is 1.42 bits per heavy atom. The summed E-state index contributed by atoms with van der Waals surface area (Å²) < 4.78 is 5.55. The molecule has 2 rings (SSSR count). The van der Waals surface area contributed by atoms with Crippen molar-refractivity contribution in [1.29, 1.82) is 0 Å². The first-order valence-corrected chi connectivity index (χ1v) is 6.37. The number of carboxylic acid groups (broad SMARTS) is 1. The molecule has 1 heterocycles. The fourth-order valence-corrected chi connectivity index (χ4v) is 2.22. The van der Waals surface area contributed by atoms with Crippen molar-refractivity contribution in [1.82, 2.24) is 4.90 Å². The van der Waals surface area contributed by atoms with Gasteiger partial charge in [-0.15, -0.1) is 0 Å². The lowest BCUT2D eigenvalue weighted by atomic mass is 10.1. The van der Waals surface area contributed by atoms with Gasteiger partial charge in [0, 0.05) is 19.6 Å². The Labute approximate surface area is 112 Å². The molecule has 0 amide bonds. The zero-order valence-corrected chi connectivity index (χ0v) is 11.0. The Hall–Kier alpha value is -1.59. The van der Waals surface area contributed by atoms with Gasteiger partial charge in [0.25, 0.3) is 0 Å². The second-order valence-corrected chi connectivity index (χ2v) is 5.20. The molecule has 1 aliphatic heterocycles. The first kappa shape index (κ1) is 13.8. The summed E-state index contributed by atoms with van der Waals surface area (Å²) in [7, 11) is 0. The molecular weight excluding hydrogens is 246 g/mol. The Bertz CT molecular complexity index is 441. The molecule has 1 atom stereocenters. The third-order valence-corrected chi connectivity index (χ3v) is 3.31. The molecule has 5 heteroatoms. The molecule has 104 valence electrons. The second kappa shape index (κ2) is 5.59. The van der Waals surface area contributed by atoms with E-state index in [0.717, 1.165) is 19.5 Å². The molecule has 0 aliphatic carbocycles. The van der Waals surface area contributed by atoms with E-state index in [-0.39, 0.29) is 5.56 Å². The van der Waals surface area contributed by atoms with Crippen molar-refractivity contribution >= 4 is 5.97 Å². The first-order chi connectivity index (χ1) is 8.96. The quantitative estimate of drug-likeness (QED) is 0.837. The zero-order valence-electron chi connectivity index (χ0n) is 11.0. The van der Waals surface area contributed by atoms with Crippen LogP contribution in [0.5, 0.6) is 5.75 Å². The highest BCUT2D eigenvalue weighted by molar-refractivity contribution is 5.87. The fraction of sp³-hybridized carbons (Fsp3) is 0.500. The molecule has 19 heavy (non-hydrogen) atoms. The van der Waals surface area contributed by atoms with Crippen molar-refractivity contribution in [2.75, 3.05) is 26.2 Å². The van der Waals surface area contributed by atoms with E-state index in [0.29, 0.717) is 18.9 Å². The van der Waals surface area contributed by atoms with Crippen molar-refractivity contribution in [2.24, 2.45) is 0 Å². The van der Waals surface area contributed by atoms with Crippen LogP contribution in [0.1, 0.15) is 23.7 Å². The molecule has 1 fully saturated rings. The number of aliphatic hydroxyl groups is 1. The number of aromatic carboxylic acids is 1.